The van der Waals surface area contributed by atoms with Gasteiger partial charge in [-0.3, -0.25) is 0 Å². The molecule has 6 heterocycles. The average molecular weight is 1480 g/mol. The third kappa shape index (κ3) is 12.8. The maximum atomic E-state index is 12.6. The number of aromatic nitrogens is 14. The van der Waals surface area contributed by atoms with Crippen molar-refractivity contribution in [2.75, 3.05) is 0 Å². The van der Waals surface area contributed by atoms with E-state index < -0.39 is 0 Å². The standard InChI is InChI=1S/C99H57N17/c100-58-61-49-62(59-101)51-75(50-61)76-56-86(115-82-45-41-71(96-107-88(63-25-9-1-10-26-63)103-89(108-96)64-27-11-2-12-28-64)52-77(82)78-53-72(42-46-83(78)115)97-109-90(65-29-13-3-14-30-65)104-91(110-97)66-31-15-4-16-32-66)81(60-102)87(57-76)116-84-47-43-73(98-111-92(67-33-17-5-18-34-67)105-93(112-98)68-35-19-6-20-36-68)54-79(84)80-55-74(44-48-85(80)116)99-113-94(69-37-21-7-22-38-69)106-95(114-99)70-39-23-8-24-40-70/h1-57H. The number of hydrogen-bond acceptors (Lipinski definition) is 15. The first-order chi connectivity index (χ1) is 57.3. The van der Waals surface area contributed by atoms with E-state index in [0.29, 0.717) is 115 Å². The molecule has 0 fully saturated rings. The van der Waals surface area contributed by atoms with Crippen molar-refractivity contribution in [2.24, 2.45) is 0 Å². The van der Waals surface area contributed by atoms with Crippen molar-refractivity contribution in [2.45, 2.75) is 0 Å². The Morgan fingerprint density at radius 1 is 0.172 bits per heavy atom. The quantitative estimate of drug-likeness (QED) is 0.0928. The number of hydrogen-bond donors (Lipinski definition) is 0. The summed E-state index contributed by atoms with van der Waals surface area (Å²) < 4.78 is 4.24. The fraction of sp³-hybridized carbons (Fsp3) is 0. The molecule has 20 aromatic rings. The predicted molar refractivity (Wildman–Crippen MR) is 453 cm³/mol. The Kier molecular flexibility index (Phi) is 17.2. The Balaban J connectivity index is 0.866. The van der Waals surface area contributed by atoms with Crippen LogP contribution in [0.3, 0.4) is 0 Å². The molecule has 20 rings (SSSR count). The third-order valence-corrected chi connectivity index (χ3v) is 20.6. The van der Waals surface area contributed by atoms with Crippen LogP contribution in [-0.2, 0) is 0 Å². The minimum absolute atomic E-state index is 0.280. The first-order valence-corrected chi connectivity index (χ1v) is 37.5. The summed E-state index contributed by atoms with van der Waals surface area (Å²) in [5.41, 5.74) is 15.2. The van der Waals surface area contributed by atoms with Crippen molar-refractivity contribution in [1.82, 2.24) is 68.9 Å². The molecule has 0 radical (unpaired) electrons. The minimum Gasteiger partial charge on any atom is -0.308 e. The molecule has 17 nitrogen and oxygen atoms in total. The van der Waals surface area contributed by atoms with Gasteiger partial charge in [0.2, 0.25) is 0 Å². The number of fused-ring (bicyclic) bond motifs is 6. The summed E-state index contributed by atoms with van der Waals surface area (Å²) in [5.74, 6) is 5.74. The first-order valence-electron chi connectivity index (χ1n) is 37.5. The monoisotopic (exact) mass is 1480 g/mol. The van der Waals surface area contributed by atoms with Gasteiger partial charge in [0, 0.05) is 88.3 Å². The van der Waals surface area contributed by atoms with Gasteiger partial charge in [-0.15, -0.1) is 0 Å². The van der Waals surface area contributed by atoms with Crippen LogP contribution in [0.15, 0.2) is 346 Å². The van der Waals surface area contributed by atoms with Gasteiger partial charge in [-0.1, -0.05) is 243 Å². The van der Waals surface area contributed by atoms with Gasteiger partial charge in [0.25, 0.3) is 0 Å². The largest absolute Gasteiger partial charge is 0.308 e. The highest BCUT2D eigenvalue weighted by Gasteiger charge is 2.27. The number of nitriles is 3. The smallest absolute Gasteiger partial charge is 0.164 e. The Bertz CT molecular complexity index is 6370. The molecule has 116 heavy (non-hydrogen) atoms. The summed E-state index contributed by atoms with van der Waals surface area (Å²) in [7, 11) is 0. The fourth-order valence-corrected chi connectivity index (χ4v) is 15.0. The fourth-order valence-electron chi connectivity index (χ4n) is 15.0. The molecule has 0 aliphatic heterocycles. The Labute approximate surface area is 664 Å². The summed E-state index contributed by atoms with van der Waals surface area (Å²) in [6.07, 6.45) is 0. The highest BCUT2D eigenvalue weighted by atomic mass is 15.1. The SMILES string of the molecule is N#Cc1cc(C#N)cc(-c2cc(-n3c4ccc(-c5nc(-c6ccccc6)nc(-c6ccccc6)n5)cc4c4cc(-c5nc(-c6ccccc6)nc(-c6ccccc6)n5)ccc43)c(C#N)c(-n3c4ccc(-c5nc(-c6ccccc6)nc(-c6ccccc6)n5)cc4c4cc(-c5nc(-c6ccccc6)nc(-c6ccccc6)n5)ccc43)c2)c1. The van der Waals surface area contributed by atoms with Crippen LogP contribution in [-0.4, -0.2) is 68.9 Å². The molecule has 0 atom stereocenters. The normalized spacial score (nSPS) is 11.2. The van der Waals surface area contributed by atoms with Gasteiger partial charge in [-0.05, 0) is 114 Å². The molecule has 0 amide bonds. The molecule has 17 heteroatoms. The van der Waals surface area contributed by atoms with E-state index in [-0.39, 0.29) is 16.7 Å². The first kappa shape index (κ1) is 68.5. The lowest BCUT2D eigenvalue weighted by Crippen LogP contribution is -2.05. The van der Waals surface area contributed by atoms with Crippen LogP contribution < -0.4 is 0 Å². The van der Waals surface area contributed by atoms with Crippen molar-refractivity contribution in [3.8, 4) is 177 Å². The molecule has 0 saturated carbocycles. The molecule has 0 aliphatic carbocycles. The zero-order valence-corrected chi connectivity index (χ0v) is 61.5. The van der Waals surface area contributed by atoms with E-state index in [1.165, 1.54) is 0 Å². The Morgan fingerprint density at radius 2 is 0.362 bits per heavy atom. The van der Waals surface area contributed by atoms with E-state index >= 15 is 0 Å². The molecule has 0 spiro atoms. The molecule has 14 aromatic carbocycles. The van der Waals surface area contributed by atoms with Crippen molar-refractivity contribution >= 4 is 43.6 Å². The Hall–Kier alpha value is -16.8. The third-order valence-electron chi connectivity index (χ3n) is 20.6. The van der Waals surface area contributed by atoms with Crippen LogP contribution in [0.4, 0.5) is 0 Å². The molecule has 0 N–H and O–H groups in total. The second-order valence-electron chi connectivity index (χ2n) is 27.8. The molecule has 538 valence electrons. The summed E-state index contributed by atoms with van der Waals surface area (Å²) >= 11 is 0. The van der Waals surface area contributed by atoms with Gasteiger partial charge in [0.1, 0.15) is 11.6 Å². The van der Waals surface area contributed by atoms with E-state index in [0.717, 1.165) is 88.1 Å². The molecule has 0 aliphatic rings. The number of nitrogens with zero attached hydrogens (tertiary/aromatic N) is 17. The van der Waals surface area contributed by atoms with Gasteiger partial charge in [-0.25, -0.2) is 59.8 Å². The van der Waals surface area contributed by atoms with Crippen molar-refractivity contribution < 1.29 is 0 Å². The van der Waals surface area contributed by atoms with Crippen LogP contribution in [0.5, 0.6) is 0 Å². The molecular weight excluding hydrogens is 1430 g/mol. The molecule has 0 bridgehead atoms. The molecule has 0 saturated heterocycles. The highest BCUT2D eigenvalue weighted by Crippen LogP contribution is 2.45. The summed E-state index contributed by atoms with van der Waals surface area (Å²) in [5, 5.41) is 37.2. The van der Waals surface area contributed by atoms with Crippen LogP contribution in [0, 0.1) is 34.0 Å². The van der Waals surface area contributed by atoms with Crippen LogP contribution in [0.2, 0.25) is 0 Å². The maximum absolute atomic E-state index is 12.6. The average Bonchev–Trinajstić information content (AvgIpc) is 1.58. The summed E-state index contributed by atoms with van der Waals surface area (Å²) in [6.45, 7) is 0. The molecule has 0 unspecified atom stereocenters. The maximum Gasteiger partial charge on any atom is 0.164 e. The van der Waals surface area contributed by atoms with Crippen molar-refractivity contribution in [3.05, 3.63) is 362 Å². The van der Waals surface area contributed by atoms with Gasteiger partial charge < -0.3 is 9.13 Å². The lowest BCUT2D eigenvalue weighted by atomic mass is 9.97. The van der Waals surface area contributed by atoms with E-state index in [1.807, 2.05) is 303 Å². The van der Waals surface area contributed by atoms with Crippen molar-refractivity contribution in [1.29, 1.82) is 15.8 Å². The second kappa shape index (κ2) is 29.2. The zero-order valence-electron chi connectivity index (χ0n) is 61.5. The molecule has 6 aromatic heterocycles. The van der Waals surface area contributed by atoms with E-state index in [2.05, 4.69) is 51.6 Å². The van der Waals surface area contributed by atoms with E-state index in [1.54, 1.807) is 18.2 Å². The van der Waals surface area contributed by atoms with E-state index in [4.69, 9.17) is 59.8 Å². The van der Waals surface area contributed by atoms with Crippen LogP contribution in [0.25, 0.3) is 203 Å². The number of benzene rings is 14. The van der Waals surface area contributed by atoms with E-state index in [9.17, 15) is 15.8 Å². The summed E-state index contributed by atoms with van der Waals surface area (Å²) in [6, 6.07) is 120. The summed E-state index contributed by atoms with van der Waals surface area (Å²) in [4.78, 5) is 62.1. The highest BCUT2D eigenvalue weighted by molar-refractivity contribution is 6.14. The van der Waals surface area contributed by atoms with Gasteiger partial charge in [0.05, 0.1) is 56.7 Å². The number of rotatable bonds is 15. The van der Waals surface area contributed by atoms with Crippen molar-refractivity contribution in [3.63, 3.8) is 0 Å². The lowest BCUT2D eigenvalue weighted by molar-refractivity contribution is 1.07. The van der Waals surface area contributed by atoms with Gasteiger partial charge in [-0.2, -0.15) is 15.8 Å². The van der Waals surface area contributed by atoms with Crippen LogP contribution >= 0.6 is 0 Å². The van der Waals surface area contributed by atoms with Gasteiger partial charge >= 0.3 is 0 Å². The van der Waals surface area contributed by atoms with Gasteiger partial charge in [0.15, 0.2) is 69.9 Å². The van der Waals surface area contributed by atoms with Crippen LogP contribution in [0.1, 0.15) is 16.7 Å². The second-order valence-corrected chi connectivity index (χ2v) is 27.8. The topological polar surface area (TPSA) is 236 Å². The Morgan fingerprint density at radius 3 is 0.552 bits per heavy atom. The lowest BCUT2D eigenvalue weighted by Gasteiger charge is -2.19. The zero-order chi connectivity index (χ0) is 77.6. The predicted octanol–water partition coefficient (Wildman–Crippen LogP) is 21.9. The molecular formula is C99H57N17. The minimum atomic E-state index is 0.280.